The number of nitrogens with zero attached hydrogens (tertiary/aromatic N) is 3. The second kappa shape index (κ2) is 5.74. The number of halogens is 4. The zero-order valence-corrected chi connectivity index (χ0v) is 12.4. The molecule has 8 heteroatoms. The van der Waals surface area contributed by atoms with E-state index >= 15 is 0 Å². The molecule has 1 aliphatic carbocycles. The molecule has 24 heavy (non-hydrogen) atoms. The van der Waals surface area contributed by atoms with Crippen molar-refractivity contribution in [1.82, 2.24) is 10.2 Å². The molecule has 2 aromatic rings. The van der Waals surface area contributed by atoms with Crippen LogP contribution in [0.15, 0.2) is 30.3 Å². The molecule has 1 aromatic heterocycles. The summed E-state index contributed by atoms with van der Waals surface area (Å²) < 4.78 is 52.1. The molecule has 0 amide bonds. The van der Waals surface area contributed by atoms with E-state index in [0.717, 1.165) is 12.1 Å². The van der Waals surface area contributed by atoms with Crippen LogP contribution >= 0.6 is 0 Å². The van der Waals surface area contributed by atoms with Gasteiger partial charge in [-0.2, -0.15) is 18.4 Å². The van der Waals surface area contributed by atoms with E-state index in [1.807, 2.05) is 6.07 Å². The van der Waals surface area contributed by atoms with E-state index in [2.05, 4.69) is 15.5 Å². The quantitative estimate of drug-likeness (QED) is 0.866. The lowest BCUT2D eigenvalue weighted by Crippen LogP contribution is -2.21. The third kappa shape index (κ3) is 3.30. The van der Waals surface area contributed by atoms with Crippen LogP contribution in [-0.4, -0.2) is 16.7 Å². The topological polar surface area (TPSA) is 61.6 Å². The van der Waals surface area contributed by atoms with E-state index in [4.69, 9.17) is 5.26 Å². The van der Waals surface area contributed by atoms with Gasteiger partial charge in [-0.3, -0.25) is 0 Å². The zero-order chi connectivity index (χ0) is 17.4. The molecule has 0 bridgehead atoms. The highest BCUT2D eigenvalue weighted by atomic mass is 19.4. The number of anilines is 1. The Morgan fingerprint density at radius 1 is 1.17 bits per heavy atom. The van der Waals surface area contributed by atoms with Crippen LogP contribution in [0.1, 0.15) is 29.7 Å². The first-order chi connectivity index (χ1) is 11.3. The molecule has 1 fully saturated rings. The molecule has 0 saturated heterocycles. The fourth-order valence-corrected chi connectivity index (χ4v) is 2.52. The van der Waals surface area contributed by atoms with Crippen LogP contribution in [0, 0.1) is 17.1 Å². The normalized spacial score (nSPS) is 15.6. The first kappa shape index (κ1) is 16.2. The monoisotopic (exact) mass is 336 g/mol. The van der Waals surface area contributed by atoms with Crippen LogP contribution in [0.2, 0.25) is 0 Å². The number of hydrogen-bond donors (Lipinski definition) is 1. The van der Waals surface area contributed by atoms with Gasteiger partial charge in [0.25, 0.3) is 0 Å². The van der Waals surface area contributed by atoms with Gasteiger partial charge in [-0.1, -0.05) is 0 Å². The first-order valence-corrected chi connectivity index (χ1v) is 7.18. The molecule has 124 valence electrons. The van der Waals surface area contributed by atoms with Crippen LogP contribution in [0.3, 0.4) is 0 Å². The molecule has 1 aliphatic rings. The van der Waals surface area contributed by atoms with Crippen molar-refractivity contribution in [2.45, 2.75) is 24.4 Å². The summed E-state index contributed by atoms with van der Waals surface area (Å²) in [5, 5.41) is 19.1. The molecular formula is C16H12F4N4. The Hall–Kier alpha value is -2.69. The molecule has 0 atom stereocenters. The molecule has 0 spiro atoms. The molecule has 1 heterocycles. The van der Waals surface area contributed by atoms with Gasteiger partial charge >= 0.3 is 6.18 Å². The summed E-state index contributed by atoms with van der Waals surface area (Å²) in [6.45, 7) is 0.314. The van der Waals surface area contributed by atoms with E-state index in [0.29, 0.717) is 36.8 Å². The van der Waals surface area contributed by atoms with Crippen LogP contribution < -0.4 is 5.32 Å². The minimum absolute atomic E-state index is 0.168. The molecule has 3 rings (SSSR count). The van der Waals surface area contributed by atoms with Gasteiger partial charge in [0.15, 0.2) is 5.69 Å². The van der Waals surface area contributed by atoms with Gasteiger partial charge in [0.05, 0.1) is 5.56 Å². The van der Waals surface area contributed by atoms with Gasteiger partial charge in [-0.05, 0) is 48.7 Å². The Morgan fingerprint density at radius 3 is 2.46 bits per heavy atom. The highest BCUT2D eigenvalue weighted by Gasteiger charge is 2.45. The highest BCUT2D eigenvalue weighted by molar-refractivity contribution is 5.41. The van der Waals surface area contributed by atoms with E-state index in [9.17, 15) is 17.6 Å². The smallest absolute Gasteiger partial charge is 0.368 e. The Morgan fingerprint density at radius 2 is 1.92 bits per heavy atom. The van der Waals surface area contributed by atoms with Crippen molar-refractivity contribution in [3.05, 3.63) is 53.0 Å². The highest BCUT2D eigenvalue weighted by Crippen LogP contribution is 2.49. The summed E-state index contributed by atoms with van der Waals surface area (Å²) in [5.74, 6) is -0.489. The maximum atomic E-state index is 13.6. The van der Waals surface area contributed by atoms with Crippen molar-refractivity contribution in [3.63, 3.8) is 0 Å². The minimum Gasteiger partial charge on any atom is -0.368 e. The SMILES string of the molecule is N#Cc1ccc(NCC2(c3cc(F)cc(C(F)(F)F)c3)CC2)nn1. The lowest BCUT2D eigenvalue weighted by Gasteiger charge is -2.18. The van der Waals surface area contributed by atoms with Gasteiger partial charge < -0.3 is 5.32 Å². The number of nitriles is 1. The predicted octanol–water partition coefficient (Wildman–Crippen LogP) is 3.65. The largest absolute Gasteiger partial charge is 0.416 e. The number of aromatic nitrogens is 2. The van der Waals surface area contributed by atoms with Crippen molar-refractivity contribution >= 4 is 5.82 Å². The van der Waals surface area contributed by atoms with Crippen molar-refractivity contribution in [2.24, 2.45) is 0 Å². The maximum absolute atomic E-state index is 13.6. The van der Waals surface area contributed by atoms with E-state index in [-0.39, 0.29) is 5.69 Å². The van der Waals surface area contributed by atoms with Crippen LogP contribution in [0.4, 0.5) is 23.4 Å². The Bertz CT molecular complexity index is 789. The third-order valence-corrected chi connectivity index (χ3v) is 4.08. The van der Waals surface area contributed by atoms with E-state index in [1.165, 1.54) is 6.07 Å². The van der Waals surface area contributed by atoms with Crippen molar-refractivity contribution < 1.29 is 17.6 Å². The average Bonchev–Trinajstić information content (AvgIpc) is 3.33. The van der Waals surface area contributed by atoms with E-state index in [1.54, 1.807) is 6.07 Å². The summed E-state index contributed by atoms with van der Waals surface area (Å²) in [6, 6.07) is 7.54. The number of rotatable bonds is 4. The molecule has 1 saturated carbocycles. The molecule has 0 aliphatic heterocycles. The second-order valence-corrected chi connectivity index (χ2v) is 5.78. The third-order valence-electron chi connectivity index (χ3n) is 4.08. The number of hydrogen-bond acceptors (Lipinski definition) is 4. The van der Waals surface area contributed by atoms with Gasteiger partial charge in [-0.15, -0.1) is 10.2 Å². The summed E-state index contributed by atoms with van der Waals surface area (Å²) in [7, 11) is 0. The molecule has 0 unspecified atom stereocenters. The molecule has 1 N–H and O–H groups in total. The lowest BCUT2D eigenvalue weighted by molar-refractivity contribution is -0.137. The second-order valence-electron chi connectivity index (χ2n) is 5.78. The standard InChI is InChI=1S/C16H12F4N4/c17-12-6-10(5-11(7-12)16(18,19)20)15(3-4-15)9-22-14-2-1-13(8-21)23-24-14/h1-2,5-7H,3-4,9H2,(H,22,24). The zero-order valence-electron chi connectivity index (χ0n) is 12.4. The molecular weight excluding hydrogens is 324 g/mol. The van der Waals surface area contributed by atoms with Gasteiger partial charge in [0, 0.05) is 12.0 Å². The van der Waals surface area contributed by atoms with Gasteiger partial charge in [0.2, 0.25) is 0 Å². The first-order valence-electron chi connectivity index (χ1n) is 7.18. The summed E-state index contributed by atoms with van der Waals surface area (Å²) in [5.41, 5.74) is -1.04. The van der Waals surface area contributed by atoms with Gasteiger partial charge in [-0.25, -0.2) is 4.39 Å². The van der Waals surface area contributed by atoms with Crippen LogP contribution in [0.25, 0.3) is 0 Å². The minimum atomic E-state index is -4.58. The Balaban J connectivity index is 1.79. The van der Waals surface area contributed by atoms with Crippen molar-refractivity contribution in [3.8, 4) is 6.07 Å². The number of alkyl halides is 3. The fourth-order valence-electron chi connectivity index (χ4n) is 2.52. The van der Waals surface area contributed by atoms with Crippen LogP contribution in [-0.2, 0) is 11.6 Å². The summed E-state index contributed by atoms with van der Waals surface area (Å²) in [4.78, 5) is 0. The van der Waals surface area contributed by atoms with Crippen molar-refractivity contribution in [1.29, 1.82) is 5.26 Å². The Labute approximate surface area is 135 Å². The molecule has 4 nitrogen and oxygen atoms in total. The van der Waals surface area contributed by atoms with E-state index < -0.39 is 23.0 Å². The number of nitrogens with one attached hydrogen (secondary N) is 1. The maximum Gasteiger partial charge on any atom is 0.416 e. The summed E-state index contributed by atoms with van der Waals surface area (Å²) >= 11 is 0. The van der Waals surface area contributed by atoms with Crippen LogP contribution in [0.5, 0.6) is 0 Å². The van der Waals surface area contributed by atoms with Crippen molar-refractivity contribution in [2.75, 3.05) is 11.9 Å². The molecule has 1 aromatic carbocycles. The predicted molar refractivity (Wildman–Crippen MR) is 77.6 cm³/mol. The lowest BCUT2D eigenvalue weighted by atomic mass is 9.94. The average molecular weight is 336 g/mol. The fraction of sp³-hybridized carbons (Fsp3) is 0.312. The Kier molecular flexibility index (Phi) is 3.87. The number of benzene rings is 1. The van der Waals surface area contributed by atoms with Gasteiger partial charge in [0.1, 0.15) is 17.7 Å². The summed E-state index contributed by atoms with van der Waals surface area (Å²) in [6.07, 6.45) is -3.27. The molecule has 0 radical (unpaired) electrons.